The van der Waals surface area contributed by atoms with E-state index in [1.807, 2.05) is 20.8 Å². The lowest BCUT2D eigenvalue weighted by atomic mass is 9.89. The zero-order valence-corrected chi connectivity index (χ0v) is 9.39. The maximum atomic E-state index is 9.74. The summed E-state index contributed by atoms with van der Waals surface area (Å²) in [5.41, 5.74) is -1.37. The highest BCUT2D eigenvalue weighted by molar-refractivity contribution is 4.87. The summed E-state index contributed by atoms with van der Waals surface area (Å²) in [4.78, 5) is 0. The molecule has 0 aliphatic rings. The predicted octanol–water partition coefficient (Wildman–Crippen LogP) is 1.59. The Hall–Kier alpha value is -0.120. The zero-order valence-electron chi connectivity index (χ0n) is 9.39. The summed E-state index contributed by atoms with van der Waals surface area (Å²) in [5.74, 6) is 0. The molecule has 0 aliphatic heterocycles. The smallest absolute Gasteiger partial charge is 0.0907 e. The molecule has 0 bridgehead atoms. The van der Waals surface area contributed by atoms with Gasteiger partial charge in [0.2, 0.25) is 0 Å². The van der Waals surface area contributed by atoms with Crippen molar-refractivity contribution < 1.29 is 14.6 Å². The molecular weight excluding hydrogens is 168 g/mol. The Morgan fingerprint density at radius 1 is 1.08 bits per heavy atom. The molecule has 0 rings (SSSR count). The highest BCUT2D eigenvalue weighted by Gasteiger charge is 2.35. The van der Waals surface area contributed by atoms with E-state index in [1.54, 1.807) is 13.8 Å². The minimum Gasteiger partial charge on any atom is -0.387 e. The number of ether oxygens (including phenoxy) is 2. The first-order valence-corrected chi connectivity index (χ1v) is 4.75. The van der Waals surface area contributed by atoms with E-state index in [0.717, 1.165) is 0 Å². The largest absolute Gasteiger partial charge is 0.387 e. The van der Waals surface area contributed by atoms with E-state index in [1.165, 1.54) is 0 Å². The molecule has 3 heteroatoms. The third kappa shape index (κ3) is 4.60. The first kappa shape index (κ1) is 12.9. The summed E-state index contributed by atoms with van der Waals surface area (Å²) in [5, 5.41) is 9.74. The first-order chi connectivity index (χ1) is 5.81. The van der Waals surface area contributed by atoms with E-state index in [-0.39, 0.29) is 0 Å². The second-order valence-corrected chi connectivity index (χ2v) is 4.11. The van der Waals surface area contributed by atoms with E-state index < -0.39 is 11.2 Å². The van der Waals surface area contributed by atoms with Gasteiger partial charge in [-0.05, 0) is 34.6 Å². The average Bonchev–Trinajstić information content (AvgIpc) is 1.96. The van der Waals surface area contributed by atoms with Gasteiger partial charge in [-0.25, -0.2) is 0 Å². The van der Waals surface area contributed by atoms with Crippen LogP contribution in [0, 0.1) is 0 Å². The van der Waals surface area contributed by atoms with E-state index in [2.05, 4.69) is 0 Å². The van der Waals surface area contributed by atoms with Gasteiger partial charge in [-0.3, -0.25) is 0 Å². The molecule has 80 valence electrons. The second kappa shape index (κ2) is 4.94. The van der Waals surface area contributed by atoms with E-state index in [0.29, 0.717) is 19.8 Å². The lowest BCUT2D eigenvalue weighted by molar-refractivity contribution is -0.154. The third-order valence-corrected chi connectivity index (χ3v) is 2.37. The summed E-state index contributed by atoms with van der Waals surface area (Å²) >= 11 is 0. The van der Waals surface area contributed by atoms with Crippen LogP contribution in [-0.2, 0) is 9.47 Å². The van der Waals surface area contributed by atoms with Crippen LogP contribution in [-0.4, -0.2) is 36.1 Å². The van der Waals surface area contributed by atoms with Gasteiger partial charge in [0, 0.05) is 6.61 Å². The number of hydrogen-bond acceptors (Lipinski definition) is 3. The van der Waals surface area contributed by atoms with Crippen LogP contribution in [0.25, 0.3) is 0 Å². The van der Waals surface area contributed by atoms with Crippen molar-refractivity contribution in [2.45, 2.75) is 45.8 Å². The normalized spacial score (nSPS) is 13.4. The van der Waals surface area contributed by atoms with Gasteiger partial charge in [0.05, 0.1) is 24.4 Å². The van der Waals surface area contributed by atoms with Gasteiger partial charge in [-0.1, -0.05) is 0 Å². The van der Waals surface area contributed by atoms with Gasteiger partial charge in [0.15, 0.2) is 0 Å². The van der Waals surface area contributed by atoms with E-state index >= 15 is 0 Å². The van der Waals surface area contributed by atoms with Crippen LogP contribution in [0.1, 0.15) is 34.6 Å². The molecule has 3 nitrogen and oxygen atoms in total. The van der Waals surface area contributed by atoms with Gasteiger partial charge < -0.3 is 14.6 Å². The molecule has 0 saturated heterocycles. The monoisotopic (exact) mass is 190 g/mol. The maximum absolute atomic E-state index is 9.74. The Kier molecular flexibility index (Phi) is 4.89. The molecule has 0 spiro atoms. The molecule has 0 radical (unpaired) electrons. The number of hydrogen-bond donors (Lipinski definition) is 1. The number of aliphatic hydroxyl groups is 1. The van der Waals surface area contributed by atoms with E-state index in [9.17, 15) is 5.11 Å². The van der Waals surface area contributed by atoms with Crippen LogP contribution in [0.15, 0.2) is 0 Å². The van der Waals surface area contributed by atoms with Gasteiger partial charge in [0.25, 0.3) is 0 Å². The number of rotatable bonds is 6. The van der Waals surface area contributed by atoms with Crippen molar-refractivity contribution in [1.82, 2.24) is 0 Å². The van der Waals surface area contributed by atoms with Crippen molar-refractivity contribution in [3.05, 3.63) is 0 Å². The molecule has 0 aromatic rings. The first-order valence-electron chi connectivity index (χ1n) is 4.75. The van der Waals surface area contributed by atoms with Crippen LogP contribution < -0.4 is 0 Å². The molecule has 0 fully saturated rings. The lowest BCUT2D eigenvalue weighted by Gasteiger charge is -2.37. The molecule has 0 unspecified atom stereocenters. The molecule has 1 N–H and O–H groups in total. The van der Waals surface area contributed by atoms with Crippen molar-refractivity contribution in [1.29, 1.82) is 0 Å². The Labute approximate surface area is 81.0 Å². The SMILES string of the molecule is CCOCCOC(C)(C)C(C)(C)O. The summed E-state index contributed by atoms with van der Waals surface area (Å²) in [7, 11) is 0. The van der Waals surface area contributed by atoms with E-state index in [4.69, 9.17) is 9.47 Å². The molecule has 0 aromatic carbocycles. The zero-order chi connectivity index (χ0) is 10.5. The molecule has 0 saturated carbocycles. The fourth-order valence-corrected chi connectivity index (χ4v) is 0.677. The fraction of sp³-hybridized carbons (Fsp3) is 1.00. The molecular formula is C10H22O3. The Bertz CT molecular complexity index is 136. The predicted molar refractivity (Wildman–Crippen MR) is 52.8 cm³/mol. The molecule has 0 aromatic heterocycles. The highest BCUT2D eigenvalue weighted by atomic mass is 16.5. The lowest BCUT2D eigenvalue weighted by Crippen LogP contribution is -2.47. The summed E-state index contributed by atoms with van der Waals surface area (Å²) in [6.07, 6.45) is 0. The minimum atomic E-state index is -0.834. The third-order valence-electron chi connectivity index (χ3n) is 2.37. The topological polar surface area (TPSA) is 38.7 Å². The standard InChI is InChI=1S/C10H22O3/c1-6-12-7-8-13-10(4,5)9(2,3)11/h11H,6-8H2,1-5H3. The highest BCUT2D eigenvalue weighted by Crippen LogP contribution is 2.24. The molecule has 13 heavy (non-hydrogen) atoms. The van der Waals surface area contributed by atoms with Crippen LogP contribution >= 0.6 is 0 Å². The van der Waals surface area contributed by atoms with Crippen LogP contribution in [0.3, 0.4) is 0 Å². The fourth-order valence-electron chi connectivity index (χ4n) is 0.677. The van der Waals surface area contributed by atoms with Gasteiger partial charge >= 0.3 is 0 Å². The average molecular weight is 190 g/mol. The van der Waals surface area contributed by atoms with Crippen molar-refractivity contribution in [2.75, 3.05) is 19.8 Å². The van der Waals surface area contributed by atoms with Gasteiger partial charge in [-0.2, -0.15) is 0 Å². The van der Waals surface area contributed by atoms with Crippen molar-refractivity contribution in [2.24, 2.45) is 0 Å². The maximum Gasteiger partial charge on any atom is 0.0907 e. The van der Waals surface area contributed by atoms with Crippen LogP contribution in [0.5, 0.6) is 0 Å². The summed E-state index contributed by atoms with van der Waals surface area (Å²) in [6, 6.07) is 0. The van der Waals surface area contributed by atoms with Crippen LogP contribution in [0.2, 0.25) is 0 Å². The van der Waals surface area contributed by atoms with Gasteiger partial charge in [0.1, 0.15) is 0 Å². The van der Waals surface area contributed by atoms with Crippen molar-refractivity contribution in [3.8, 4) is 0 Å². The summed E-state index contributed by atoms with van der Waals surface area (Å²) < 4.78 is 10.7. The minimum absolute atomic E-state index is 0.519. The molecule has 0 amide bonds. The molecule has 0 heterocycles. The Balaban J connectivity index is 3.77. The second-order valence-electron chi connectivity index (χ2n) is 4.11. The Morgan fingerprint density at radius 3 is 2.00 bits per heavy atom. The van der Waals surface area contributed by atoms with Crippen LogP contribution in [0.4, 0.5) is 0 Å². The quantitative estimate of drug-likeness (QED) is 0.646. The molecule has 0 atom stereocenters. The Morgan fingerprint density at radius 2 is 1.62 bits per heavy atom. The molecule has 0 aliphatic carbocycles. The van der Waals surface area contributed by atoms with Crippen molar-refractivity contribution in [3.63, 3.8) is 0 Å². The van der Waals surface area contributed by atoms with Crippen molar-refractivity contribution >= 4 is 0 Å². The summed E-state index contributed by atoms with van der Waals surface area (Å²) in [6.45, 7) is 11.0. The van der Waals surface area contributed by atoms with Gasteiger partial charge in [-0.15, -0.1) is 0 Å².